The van der Waals surface area contributed by atoms with Crippen molar-refractivity contribution in [1.82, 2.24) is 10.2 Å². The van der Waals surface area contributed by atoms with E-state index in [4.69, 9.17) is 0 Å². The zero-order valence-electron chi connectivity index (χ0n) is 14.6. The summed E-state index contributed by atoms with van der Waals surface area (Å²) >= 11 is 0. The SMILES string of the molecule is Cc1cccc(C(=O)Nc2ccccc2C(=O)N2CCNC(C)C2)c1. The standard InChI is InChI=1S/C20H23N3O2/c1-14-6-5-7-16(12-14)19(24)22-18-9-4-3-8-17(18)20(25)23-11-10-21-15(2)13-23/h3-9,12,15,21H,10-11,13H2,1-2H3,(H,22,24). The van der Waals surface area contributed by atoms with Gasteiger partial charge in [-0.1, -0.05) is 29.8 Å². The highest BCUT2D eigenvalue weighted by molar-refractivity contribution is 6.09. The fourth-order valence-corrected chi connectivity index (χ4v) is 3.05. The normalized spacial score (nSPS) is 17.2. The van der Waals surface area contributed by atoms with Gasteiger partial charge in [-0.3, -0.25) is 9.59 Å². The smallest absolute Gasteiger partial charge is 0.256 e. The first-order valence-electron chi connectivity index (χ1n) is 8.54. The van der Waals surface area contributed by atoms with E-state index in [1.165, 1.54) is 0 Å². The maximum Gasteiger partial charge on any atom is 0.256 e. The highest BCUT2D eigenvalue weighted by atomic mass is 16.2. The number of anilines is 1. The number of nitrogens with zero attached hydrogens (tertiary/aromatic N) is 1. The monoisotopic (exact) mass is 337 g/mol. The predicted octanol–water partition coefficient (Wildman–Crippen LogP) is 2.68. The Balaban J connectivity index is 1.81. The van der Waals surface area contributed by atoms with Gasteiger partial charge in [0.25, 0.3) is 11.8 Å². The summed E-state index contributed by atoms with van der Waals surface area (Å²) in [6, 6.07) is 14.8. The summed E-state index contributed by atoms with van der Waals surface area (Å²) in [5.41, 5.74) is 2.67. The molecule has 2 aromatic rings. The average molecular weight is 337 g/mol. The molecule has 130 valence electrons. The zero-order valence-corrected chi connectivity index (χ0v) is 14.6. The molecule has 0 aromatic heterocycles. The van der Waals surface area contributed by atoms with Gasteiger partial charge < -0.3 is 15.5 Å². The van der Waals surface area contributed by atoms with Crippen LogP contribution in [0.2, 0.25) is 0 Å². The van der Waals surface area contributed by atoms with Gasteiger partial charge in [0, 0.05) is 31.2 Å². The minimum absolute atomic E-state index is 0.0477. The molecule has 5 nitrogen and oxygen atoms in total. The Morgan fingerprint density at radius 3 is 2.72 bits per heavy atom. The van der Waals surface area contributed by atoms with Gasteiger partial charge in [-0.15, -0.1) is 0 Å². The van der Waals surface area contributed by atoms with Gasteiger partial charge in [0.1, 0.15) is 0 Å². The molecule has 0 radical (unpaired) electrons. The van der Waals surface area contributed by atoms with Gasteiger partial charge in [-0.25, -0.2) is 0 Å². The molecule has 2 N–H and O–H groups in total. The van der Waals surface area contributed by atoms with Crippen molar-refractivity contribution in [2.75, 3.05) is 25.0 Å². The molecule has 0 saturated carbocycles. The second kappa shape index (κ2) is 7.49. The molecular weight excluding hydrogens is 314 g/mol. The lowest BCUT2D eigenvalue weighted by molar-refractivity contribution is 0.0710. The molecule has 2 aromatic carbocycles. The van der Waals surface area contributed by atoms with E-state index in [2.05, 4.69) is 17.6 Å². The van der Waals surface area contributed by atoms with Crippen LogP contribution in [0.5, 0.6) is 0 Å². The molecule has 5 heteroatoms. The highest BCUT2D eigenvalue weighted by Gasteiger charge is 2.23. The highest BCUT2D eigenvalue weighted by Crippen LogP contribution is 2.19. The van der Waals surface area contributed by atoms with Crippen LogP contribution < -0.4 is 10.6 Å². The van der Waals surface area contributed by atoms with Crippen LogP contribution in [0.4, 0.5) is 5.69 Å². The van der Waals surface area contributed by atoms with E-state index in [1.807, 2.05) is 42.2 Å². The fourth-order valence-electron chi connectivity index (χ4n) is 3.05. The fraction of sp³-hybridized carbons (Fsp3) is 0.300. The number of piperazine rings is 1. The van der Waals surface area contributed by atoms with Crippen LogP contribution in [0, 0.1) is 6.92 Å². The summed E-state index contributed by atoms with van der Waals surface area (Å²) in [7, 11) is 0. The Bertz CT molecular complexity index is 788. The van der Waals surface area contributed by atoms with Crippen LogP contribution >= 0.6 is 0 Å². The molecule has 0 aliphatic carbocycles. The molecule has 1 fully saturated rings. The van der Waals surface area contributed by atoms with E-state index in [9.17, 15) is 9.59 Å². The lowest BCUT2D eigenvalue weighted by atomic mass is 10.1. The van der Waals surface area contributed by atoms with Crippen molar-refractivity contribution in [2.45, 2.75) is 19.9 Å². The van der Waals surface area contributed by atoms with Crippen LogP contribution in [0.3, 0.4) is 0 Å². The van der Waals surface area contributed by atoms with Crippen LogP contribution in [-0.4, -0.2) is 42.4 Å². The van der Waals surface area contributed by atoms with Crippen molar-refractivity contribution in [3.05, 3.63) is 65.2 Å². The Labute approximate surface area is 148 Å². The third-order valence-corrected chi connectivity index (χ3v) is 4.34. The van der Waals surface area contributed by atoms with Gasteiger partial charge in [-0.05, 0) is 38.1 Å². The van der Waals surface area contributed by atoms with Crippen molar-refractivity contribution in [3.8, 4) is 0 Å². The first-order valence-corrected chi connectivity index (χ1v) is 8.54. The second-order valence-corrected chi connectivity index (χ2v) is 6.48. The largest absolute Gasteiger partial charge is 0.336 e. The topological polar surface area (TPSA) is 61.4 Å². The number of carbonyl (C=O) groups excluding carboxylic acids is 2. The molecule has 1 aliphatic heterocycles. The number of para-hydroxylation sites is 1. The predicted molar refractivity (Wildman–Crippen MR) is 98.9 cm³/mol. The van der Waals surface area contributed by atoms with E-state index < -0.39 is 0 Å². The van der Waals surface area contributed by atoms with Gasteiger partial charge in [0.15, 0.2) is 0 Å². The molecule has 25 heavy (non-hydrogen) atoms. The minimum atomic E-state index is -0.211. The Morgan fingerprint density at radius 1 is 1.16 bits per heavy atom. The number of amides is 2. The van der Waals surface area contributed by atoms with Gasteiger partial charge >= 0.3 is 0 Å². The van der Waals surface area contributed by atoms with Gasteiger partial charge in [0.2, 0.25) is 0 Å². The minimum Gasteiger partial charge on any atom is -0.336 e. The summed E-state index contributed by atoms with van der Waals surface area (Å²) < 4.78 is 0. The van der Waals surface area contributed by atoms with Crippen molar-refractivity contribution in [3.63, 3.8) is 0 Å². The lowest BCUT2D eigenvalue weighted by Crippen LogP contribution is -2.51. The molecule has 1 atom stereocenters. The quantitative estimate of drug-likeness (QED) is 0.905. The molecule has 1 unspecified atom stereocenters. The zero-order chi connectivity index (χ0) is 17.8. The van der Waals surface area contributed by atoms with E-state index in [0.717, 1.165) is 12.1 Å². The maximum atomic E-state index is 12.9. The number of benzene rings is 2. The van der Waals surface area contributed by atoms with E-state index in [0.29, 0.717) is 29.9 Å². The molecule has 3 rings (SSSR count). The maximum absolute atomic E-state index is 12.9. The summed E-state index contributed by atoms with van der Waals surface area (Å²) in [6.07, 6.45) is 0. The van der Waals surface area contributed by atoms with Gasteiger partial charge in [0.05, 0.1) is 11.3 Å². The number of nitrogens with one attached hydrogen (secondary N) is 2. The lowest BCUT2D eigenvalue weighted by Gasteiger charge is -2.32. The summed E-state index contributed by atoms with van der Waals surface area (Å²) in [5, 5.41) is 6.21. The van der Waals surface area contributed by atoms with Crippen LogP contribution in [-0.2, 0) is 0 Å². The first kappa shape index (κ1) is 17.2. The molecular formula is C20H23N3O2. The van der Waals surface area contributed by atoms with Gasteiger partial charge in [-0.2, -0.15) is 0 Å². The molecule has 1 saturated heterocycles. The Kier molecular flexibility index (Phi) is 5.14. The Hall–Kier alpha value is -2.66. The average Bonchev–Trinajstić information content (AvgIpc) is 2.61. The van der Waals surface area contributed by atoms with E-state index in [-0.39, 0.29) is 17.9 Å². The Morgan fingerprint density at radius 2 is 1.96 bits per heavy atom. The van der Waals surface area contributed by atoms with Crippen LogP contribution in [0.25, 0.3) is 0 Å². The van der Waals surface area contributed by atoms with E-state index >= 15 is 0 Å². The number of hydrogen-bond acceptors (Lipinski definition) is 3. The molecule has 1 heterocycles. The van der Waals surface area contributed by atoms with Crippen molar-refractivity contribution in [2.24, 2.45) is 0 Å². The number of rotatable bonds is 3. The first-order chi connectivity index (χ1) is 12.0. The van der Waals surface area contributed by atoms with Crippen molar-refractivity contribution < 1.29 is 9.59 Å². The molecule has 1 aliphatic rings. The van der Waals surface area contributed by atoms with Crippen molar-refractivity contribution >= 4 is 17.5 Å². The second-order valence-electron chi connectivity index (χ2n) is 6.48. The van der Waals surface area contributed by atoms with Crippen LogP contribution in [0.1, 0.15) is 33.2 Å². The molecule has 0 spiro atoms. The third kappa shape index (κ3) is 4.06. The number of hydrogen-bond donors (Lipinski definition) is 2. The summed E-state index contributed by atoms with van der Waals surface area (Å²) in [4.78, 5) is 27.2. The molecule has 2 amide bonds. The summed E-state index contributed by atoms with van der Waals surface area (Å²) in [5.74, 6) is -0.258. The summed E-state index contributed by atoms with van der Waals surface area (Å²) in [6.45, 7) is 6.12. The van der Waals surface area contributed by atoms with Crippen molar-refractivity contribution in [1.29, 1.82) is 0 Å². The molecule has 0 bridgehead atoms. The third-order valence-electron chi connectivity index (χ3n) is 4.34. The van der Waals surface area contributed by atoms with Crippen LogP contribution in [0.15, 0.2) is 48.5 Å². The van der Waals surface area contributed by atoms with E-state index in [1.54, 1.807) is 18.2 Å². The number of carbonyl (C=O) groups is 2. The number of aryl methyl sites for hydroxylation is 1.